The van der Waals surface area contributed by atoms with Gasteiger partial charge in [-0.25, -0.2) is 4.98 Å². The van der Waals surface area contributed by atoms with Crippen LogP contribution in [0, 0.1) is 0 Å². The van der Waals surface area contributed by atoms with Gasteiger partial charge in [0.25, 0.3) is 5.56 Å². The lowest BCUT2D eigenvalue weighted by atomic mass is 9.89. The van der Waals surface area contributed by atoms with Crippen LogP contribution >= 0.6 is 23.1 Å². The van der Waals surface area contributed by atoms with E-state index >= 15 is 0 Å². The molecule has 0 fully saturated rings. The minimum atomic E-state index is -0.296. The van der Waals surface area contributed by atoms with Crippen molar-refractivity contribution < 1.29 is 9.53 Å². The van der Waals surface area contributed by atoms with Gasteiger partial charge in [-0.15, -0.1) is 11.3 Å². The number of nitrogens with zero attached hydrogens (tertiary/aromatic N) is 1. The molecule has 1 aliphatic carbocycles. The topological polar surface area (TPSA) is 72.0 Å². The highest BCUT2D eigenvalue weighted by Gasteiger charge is 2.16. The van der Waals surface area contributed by atoms with Crippen molar-refractivity contribution in [2.45, 2.75) is 44.2 Å². The Balaban J connectivity index is 1.60. The highest BCUT2D eigenvalue weighted by molar-refractivity contribution is 7.99. The number of hydrogen-bond donors (Lipinski definition) is 1. The molecule has 7 heteroatoms. The summed E-state index contributed by atoms with van der Waals surface area (Å²) in [6.45, 7) is 2.36. The van der Waals surface area contributed by atoms with E-state index in [-0.39, 0.29) is 17.3 Å². The van der Waals surface area contributed by atoms with E-state index in [0.29, 0.717) is 22.0 Å². The van der Waals surface area contributed by atoms with E-state index in [9.17, 15) is 9.59 Å². The number of nitrogens with one attached hydrogen (secondary N) is 1. The van der Waals surface area contributed by atoms with Crippen molar-refractivity contribution in [3.8, 4) is 11.1 Å². The van der Waals surface area contributed by atoms with E-state index < -0.39 is 0 Å². The molecule has 0 bridgehead atoms. The fourth-order valence-electron chi connectivity index (χ4n) is 3.50. The van der Waals surface area contributed by atoms with Crippen LogP contribution in [-0.2, 0) is 22.4 Å². The van der Waals surface area contributed by atoms with Crippen LogP contribution < -0.4 is 5.56 Å². The molecule has 1 aliphatic rings. The Morgan fingerprint density at radius 1 is 1.29 bits per heavy atom. The second-order valence-corrected chi connectivity index (χ2v) is 8.72. The van der Waals surface area contributed by atoms with Crippen LogP contribution in [0.2, 0.25) is 0 Å². The first-order valence-electron chi connectivity index (χ1n) is 9.58. The SMILES string of the molecule is CCCOC(=O)CSc1nc2scc(-c3ccc4c(c3)CCCC4)c2c(=O)[nH]1. The second kappa shape index (κ2) is 8.49. The average molecular weight is 415 g/mol. The van der Waals surface area contributed by atoms with Crippen LogP contribution in [0.3, 0.4) is 0 Å². The number of ether oxygens (including phenoxy) is 1. The van der Waals surface area contributed by atoms with E-state index in [2.05, 4.69) is 28.2 Å². The van der Waals surface area contributed by atoms with E-state index in [4.69, 9.17) is 4.74 Å². The number of thioether (sulfide) groups is 1. The summed E-state index contributed by atoms with van der Waals surface area (Å²) in [6.07, 6.45) is 5.52. The molecule has 4 rings (SSSR count). The smallest absolute Gasteiger partial charge is 0.316 e. The van der Waals surface area contributed by atoms with Crippen molar-refractivity contribution in [2.24, 2.45) is 0 Å². The summed E-state index contributed by atoms with van der Waals surface area (Å²) >= 11 is 2.66. The number of hydrogen-bond acceptors (Lipinski definition) is 6. The van der Waals surface area contributed by atoms with Gasteiger partial charge < -0.3 is 9.72 Å². The van der Waals surface area contributed by atoms with Crippen LogP contribution in [0.25, 0.3) is 21.3 Å². The Morgan fingerprint density at radius 3 is 2.93 bits per heavy atom. The molecule has 0 unspecified atom stereocenters. The molecule has 0 amide bonds. The third-order valence-electron chi connectivity index (χ3n) is 4.88. The van der Waals surface area contributed by atoms with Crippen molar-refractivity contribution in [1.29, 1.82) is 0 Å². The maximum Gasteiger partial charge on any atom is 0.316 e. The lowest BCUT2D eigenvalue weighted by Crippen LogP contribution is -2.11. The fourth-order valence-corrected chi connectivity index (χ4v) is 5.16. The van der Waals surface area contributed by atoms with Crippen molar-refractivity contribution in [3.63, 3.8) is 0 Å². The van der Waals surface area contributed by atoms with Gasteiger partial charge in [-0.2, -0.15) is 0 Å². The van der Waals surface area contributed by atoms with Gasteiger partial charge in [-0.3, -0.25) is 9.59 Å². The van der Waals surface area contributed by atoms with Crippen LogP contribution in [0.5, 0.6) is 0 Å². The number of aromatic nitrogens is 2. The van der Waals surface area contributed by atoms with Crippen LogP contribution in [0.1, 0.15) is 37.3 Å². The summed E-state index contributed by atoms with van der Waals surface area (Å²) in [5.41, 5.74) is 4.66. The summed E-state index contributed by atoms with van der Waals surface area (Å²) in [5, 5.41) is 3.07. The number of esters is 1. The Morgan fingerprint density at radius 2 is 2.11 bits per heavy atom. The van der Waals surface area contributed by atoms with Gasteiger partial charge >= 0.3 is 5.97 Å². The number of carbonyl (C=O) groups excluding carboxylic acids is 1. The molecule has 1 aromatic carbocycles. The van der Waals surface area contributed by atoms with Gasteiger partial charge in [-0.1, -0.05) is 36.9 Å². The van der Waals surface area contributed by atoms with Gasteiger partial charge in [0.2, 0.25) is 0 Å². The summed E-state index contributed by atoms with van der Waals surface area (Å²) in [6, 6.07) is 6.53. The molecule has 5 nitrogen and oxygen atoms in total. The molecule has 0 saturated carbocycles. The number of benzene rings is 1. The first kappa shape index (κ1) is 19.2. The van der Waals surface area contributed by atoms with Crippen molar-refractivity contribution in [3.05, 3.63) is 45.1 Å². The lowest BCUT2D eigenvalue weighted by molar-refractivity contribution is -0.140. The molecule has 0 atom stereocenters. The van der Waals surface area contributed by atoms with E-state index in [1.165, 1.54) is 47.1 Å². The lowest BCUT2D eigenvalue weighted by Gasteiger charge is -2.16. The van der Waals surface area contributed by atoms with E-state index in [1.807, 2.05) is 12.3 Å². The molecule has 3 aromatic rings. The minimum absolute atomic E-state index is 0.136. The first-order valence-corrected chi connectivity index (χ1v) is 11.4. The maximum absolute atomic E-state index is 12.7. The summed E-state index contributed by atoms with van der Waals surface area (Å²) in [5.74, 6) is -0.159. The molecule has 0 spiro atoms. The number of rotatable bonds is 6. The summed E-state index contributed by atoms with van der Waals surface area (Å²) < 4.78 is 5.06. The van der Waals surface area contributed by atoms with Gasteiger partial charge in [0.1, 0.15) is 4.83 Å². The summed E-state index contributed by atoms with van der Waals surface area (Å²) in [7, 11) is 0. The molecular formula is C21H22N2O3S2. The number of aryl methyl sites for hydroxylation is 2. The predicted molar refractivity (Wildman–Crippen MR) is 114 cm³/mol. The largest absolute Gasteiger partial charge is 0.465 e. The van der Waals surface area contributed by atoms with Crippen molar-refractivity contribution in [1.82, 2.24) is 9.97 Å². The molecule has 146 valence electrons. The van der Waals surface area contributed by atoms with Gasteiger partial charge in [0.15, 0.2) is 5.16 Å². The third kappa shape index (κ3) is 4.00. The maximum atomic E-state index is 12.7. The number of carbonyl (C=O) groups is 1. The van der Waals surface area contributed by atoms with Gasteiger partial charge in [-0.05, 0) is 48.8 Å². The molecule has 0 radical (unpaired) electrons. The zero-order valence-corrected chi connectivity index (χ0v) is 17.4. The van der Waals surface area contributed by atoms with Crippen molar-refractivity contribution in [2.75, 3.05) is 12.4 Å². The van der Waals surface area contributed by atoms with Crippen molar-refractivity contribution >= 4 is 39.3 Å². The Bertz CT molecular complexity index is 1070. The van der Waals surface area contributed by atoms with E-state index in [0.717, 1.165) is 30.4 Å². The quantitative estimate of drug-likeness (QED) is 0.363. The Labute approximate surface area is 171 Å². The zero-order chi connectivity index (χ0) is 19.5. The highest BCUT2D eigenvalue weighted by atomic mass is 32.2. The van der Waals surface area contributed by atoms with E-state index in [1.54, 1.807) is 0 Å². The molecule has 1 N–H and O–H groups in total. The van der Waals surface area contributed by atoms with Crippen LogP contribution in [-0.4, -0.2) is 28.3 Å². The Hall–Kier alpha value is -2.12. The number of H-pyrrole nitrogens is 1. The standard InChI is InChI=1S/C21H22N2O3S2/c1-2-9-26-17(24)12-28-21-22-19(25)18-16(11-27-20(18)23-21)15-8-7-13-5-3-4-6-14(13)10-15/h7-8,10-11H,2-6,9,12H2,1H3,(H,22,23,25). The molecule has 0 aliphatic heterocycles. The fraction of sp³-hybridized carbons (Fsp3) is 0.381. The predicted octanol–water partition coefficient (Wildman–Crippen LogP) is 4.58. The first-order chi connectivity index (χ1) is 13.7. The van der Waals surface area contributed by atoms with Gasteiger partial charge in [0.05, 0.1) is 17.7 Å². The number of fused-ring (bicyclic) bond motifs is 2. The molecule has 2 heterocycles. The molecule has 0 saturated heterocycles. The van der Waals surface area contributed by atoms with Gasteiger partial charge in [0, 0.05) is 10.9 Å². The molecule has 2 aromatic heterocycles. The normalized spacial score (nSPS) is 13.5. The Kier molecular flexibility index (Phi) is 5.82. The van der Waals surface area contributed by atoms with Crippen LogP contribution in [0.15, 0.2) is 33.5 Å². The van der Waals surface area contributed by atoms with Crippen LogP contribution in [0.4, 0.5) is 0 Å². The summed E-state index contributed by atoms with van der Waals surface area (Å²) in [4.78, 5) is 32.5. The third-order valence-corrected chi connectivity index (χ3v) is 6.59. The molecular weight excluding hydrogens is 392 g/mol. The second-order valence-electron chi connectivity index (χ2n) is 6.90. The monoisotopic (exact) mass is 414 g/mol. The highest BCUT2D eigenvalue weighted by Crippen LogP contribution is 2.34. The number of thiophene rings is 1. The number of aromatic amines is 1. The average Bonchev–Trinajstić information content (AvgIpc) is 3.15. The minimum Gasteiger partial charge on any atom is -0.465 e. The molecule has 28 heavy (non-hydrogen) atoms. The zero-order valence-electron chi connectivity index (χ0n) is 15.7.